The third-order valence-electron chi connectivity index (χ3n) is 4.16. The molecule has 1 heterocycles. The topological polar surface area (TPSA) is 51.1 Å². The minimum absolute atomic E-state index is 0. The summed E-state index contributed by atoms with van der Waals surface area (Å²) in [7, 11) is -1.66. The number of fused-ring (bicyclic) bond motifs is 1. The zero-order chi connectivity index (χ0) is 16.4. The quantitative estimate of drug-likeness (QED) is 0.774. The van der Waals surface area contributed by atoms with Crippen molar-refractivity contribution in [2.24, 2.45) is 0 Å². The molecule has 0 amide bonds. The number of hydrogen-bond donors (Lipinski definition) is 1. The molecule has 0 radical (unpaired) electrons. The maximum atomic E-state index is 12.9. The van der Waals surface area contributed by atoms with Crippen LogP contribution in [-0.4, -0.2) is 19.4 Å². The van der Waals surface area contributed by atoms with Crippen molar-refractivity contribution in [2.75, 3.05) is 7.05 Å². The normalized spacial score (nSPS) is 13.3. The molecule has 3 aromatic rings. The summed E-state index contributed by atoms with van der Waals surface area (Å²) in [6.07, 6.45) is 2.57. The van der Waals surface area contributed by atoms with Gasteiger partial charge in [-0.2, -0.15) is 0 Å². The molecular formula is C18H22N2O2S. The fraction of sp³-hybridized carbons (Fsp3) is 0.222. The average Bonchev–Trinajstić information content (AvgIpc) is 3.02. The molecule has 0 saturated carbocycles. The fourth-order valence-electron chi connectivity index (χ4n) is 2.97. The van der Waals surface area contributed by atoms with Gasteiger partial charge in [0.05, 0.1) is 10.4 Å². The van der Waals surface area contributed by atoms with E-state index >= 15 is 0 Å². The number of rotatable bonds is 5. The summed E-state index contributed by atoms with van der Waals surface area (Å²) in [5.74, 6) is 0. The molecule has 122 valence electrons. The van der Waals surface area contributed by atoms with Gasteiger partial charge >= 0.3 is 0 Å². The van der Waals surface area contributed by atoms with Crippen molar-refractivity contribution in [1.29, 1.82) is 0 Å². The van der Waals surface area contributed by atoms with E-state index in [0.29, 0.717) is 10.4 Å². The van der Waals surface area contributed by atoms with Crippen molar-refractivity contribution in [3.63, 3.8) is 0 Å². The van der Waals surface area contributed by atoms with Gasteiger partial charge < -0.3 is 5.32 Å². The molecule has 0 saturated heterocycles. The molecule has 2 aromatic carbocycles. The number of benzene rings is 2. The van der Waals surface area contributed by atoms with Gasteiger partial charge in [0.2, 0.25) is 0 Å². The van der Waals surface area contributed by atoms with E-state index in [1.165, 1.54) is 3.97 Å². The van der Waals surface area contributed by atoms with Crippen LogP contribution in [0.5, 0.6) is 0 Å². The van der Waals surface area contributed by atoms with Crippen LogP contribution in [0.1, 0.15) is 26.4 Å². The smallest absolute Gasteiger partial charge is 0.268 e. The second kappa shape index (κ2) is 6.18. The van der Waals surface area contributed by atoms with Crippen LogP contribution in [0.3, 0.4) is 0 Å². The molecule has 1 N–H and O–H groups in total. The van der Waals surface area contributed by atoms with Gasteiger partial charge in [-0.05, 0) is 43.3 Å². The van der Waals surface area contributed by atoms with E-state index in [1.54, 1.807) is 30.5 Å². The first-order valence-electron chi connectivity index (χ1n) is 7.67. The Morgan fingerprint density at radius 3 is 2.48 bits per heavy atom. The Morgan fingerprint density at radius 1 is 1.09 bits per heavy atom. The molecule has 23 heavy (non-hydrogen) atoms. The first-order chi connectivity index (χ1) is 11.1. The van der Waals surface area contributed by atoms with Crippen LogP contribution in [0.4, 0.5) is 0 Å². The van der Waals surface area contributed by atoms with Crippen molar-refractivity contribution in [3.05, 3.63) is 66.4 Å². The van der Waals surface area contributed by atoms with Crippen LogP contribution in [0.15, 0.2) is 65.7 Å². The highest BCUT2D eigenvalue weighted by Crippen LogP contribution is 2.29. The molecule has 0 aliphatic carbocycles. The predicted octanol–water partition coefficient (Wildman–Crippen LogP) is 3.79. The molecule has 0 spiro atoms. The maximum Gasteiger partial charge on any atom is 0.268 e. The van der Waals surface area contributed by atoms with E-state index in [4.69, 9.17) is 0 Å². The molecule has 0 aliphatic heterocycles. The van der Waals surface area contributed by atoms with Crippen molar-refractivity contribution >= 4 is 20.9 Å². The Labute approximate surface area is 138 Å². The highest BCUT2D eigenvalue weighted by atomic mass is 32.2. The van der Waals surface area contributed by atoms with Gasteiger partial charge in [-0.3, -0.25) is 0 Å². The van der Waals surface area contributed by atoms with Gasteiger partial charge in [0.15, 0.2) is 0 Å². The van der Waals surface area contributed by atoms with E-state index in [-0.39, 0.29) is 7.47 Å². The Morgan fingerprint density at radius 2 is 1.83 bits per heavy atom. The second-order valence-electron chi connectivity index (χ2n) is 5.46. The standard InChI is InChI=1S/C18H20N2O2S.H2/c1-3-17(19-2)15-10-7-11-18-16(15)12-13-20(18)23(21,22)14-8-5-4-6-9-14;/h4-13,17,19H,3H2,1-2H3;1H. The monoisotopic (exact) mass is 330 g/mol. The highest BCUT2D eigenvalue weighted by Gasteiger charge is 2.20. The average molecular weight is 330 g/mol. The van der Waals surface area contributed by atoms with E-state index < -0.39 is 10.0 Å². The first-order valence-corrected chi connectivity index (χ1v) is 9.11. The van der Waals surface area contributed by atoms with E-state index in [2.05, 4.69) is 12.2 Å². The molecule has 0 bridgehead atoms. The van der Waals surface area contributed by atoms with Crippen LogP contribution in [0, 0.1) is 0 Å². The summed E-state index contributed by atoms with van der Waals surface area (Å²) in [4.78, 5) is 0.295. The number of hydrogen-bond acceptors (Lipinski definition) is 3. The minimum atomic E-state index is -3.58. The zero-order valence-corrected chi connectivity index (χ0v) is 14.0. The summed E-state index contributed by atoms with van der Waals surface area (Å²) < 4.78 is 27.1. The molecule has 1 atom stereocenters. The molecule has 4 nitrogen and oxygen atoms in total. The SMILES string of the molecule is CCC(NC)c1cccc2c1ccn2S(=O)(=O)c1ccccc1.[HH]. The molecule has 0 fully saturated rings. The predicted molar refractivity (Wildman–Crippen MR) is 95.2 cm³/mol. The maximum absolute atomic E-state index is 12.9. The van der Waals surface area contributed by atoms with Crippen molar-refractivity contribution in [1.82, 2.24) is 9.29 Å². The van der Waals surface area contributed by atoms with Gasteiger partial charge in [-0.15, -0.1) is 0 Å². The minimum Gasteiger partial charge on any atom is -0.313 e. The van der Waals surface area contributed by atoms with Crippen LogP contribution in [0.25, 0.3) is 10.9 Å². The Bertz CT molecular complexity index is 917. The molecule has 0 aliphatic rings. The van der Waals surface area contributed by atoms with E-state index in [1.807, 2.05) is 37.4 Å². The lowest BCUT2D eigenvalue weighted by atomic mass is 10.0. The van der Waals surface area contributed by atoms with Crippen molar-refractivity contribution in [2.45, 2.75) is 24.3 Å². The largest absolute Gasteiger partial charge is 0.313 e. The van der Waals surface area contributed by atoms with Crippen LogP contribution >= 0.6 is 0 Å². The molecular weight excluding hydrogens is 308 g/mol. The lowest BCUT2D eigenvalue weighted by Crippen LogP contribution is -2.15. The zero-order valence-electron chi connectivity index (χ0n) is 13.2. The van der Waals surface area contributed by atoms with E-state index in [0.717, 1.165) is 17.4 Å². The lowest BCUT2D eigenvalue weighted by Gasteiger charge is -2.16. The number of aromatic nitrogens is 1. The third kappa shape index (κ3) is 2.66. The summed E-state index contributed by atoms with van der Waals surface area (Å²) >= 11 is 0. The van der Waals surface area contributed by atoms with Crippen LogP contribution in [-0.2, 0) is 10.0 Å². The summed E-state index contributed by atoms with van der Waals surface area (Å²) in [5, 5.41) is 4.25. The van der Waals surface area contributed by atoms with Crippen molar-refractivity contribution in [3.8, 4) is 0 Å². The van der Waals surface area contributed by atoms with Gasteiger partial charge in [0.1, 0.15) is 0 Å². The summed E-state index contributed by atoms with van der Waals surface area (Å²) in [6.45, 7) is 2.11. The molecule has 1 unspecified atom stereocenters. The van der Waals surface area contributed by atoms with Crippen molar-refractivity contribution < 1.29 is 9.84 Å². The summed E-state index contributed by atoms with van der Waals surface area (Å²) in [5.41, 5.74) is 1.83. The lowest BCUT2D eigenvalue weighted by molar-refractivity contribution is 0.581. The highest BCUT2D eigenvalue weighted by molar-refractivity contribution is 7.90. The van der Waals surface area contributed by atoms with Gasteiger partial charge in [0.25, 0.3) is 10.0 Å². The van der Waals surface area contributed by atoms with Gasteiger partial charge in [-0.1, -0.05) is 37.3 Å². The Balaban J connectivity index is 0.00000208. The van der Waals surface area contributed by atoms with E-state index in [9.17, 15) is 8.42 Å². The Hall–Kier alpha value is -2.11. The molecule has 1 aromatic heterocycles. The van der Waals surface area contributed by atoms with Gasteiger partial charge in [-0.25, -0.2) is 12.4 Å². The summed E-state index contributed by atoms with van der Waals surface area (Å²) in [6, 6.07) is 16.4. The van der Waals surface area contributed by atoms with Crippen LogP contribution in [0.2, 0.25) is 0 Å². The second-order valence-corrected chi connectivity index (χ2v) is 7.27. The first kappa shape index (κ1) is 15.8. The molecule has 3 rings (SSSR count). The Kier molecular flexibility index (Phi) is 4.24. The fourth-order valence-corrected chi connectivity index (χ4v) is 4.33. The molecule has 5 heteroatoms. The number of nitrogens with zero attached hydrogens (tertiary/aromatic N) is 1. The van der Waals surface area contributed by atoms with Crippen LogP contribution < -0.4 is 5.32 Å². The van der Waals surface area contributed by atoms with Gasteiger partial charge in [0, 0.05) is 19.1 Å². The number of nitrogens with one attached hydrogen (secondary N) is 1. The third-order valence-corrected chi connectivity index (χ3v) is 5.87.